The largest absolute Gasteiger partial charge is 0.416 e. The predicted octanol–water partition coefficient (Wildman–Crippen LogP) is 3.56. The summed E-state index contributed by atoms with van der Waals surface area (Å²) in [6.45, 7) is 1.21. The molecule has 0 aliphatic carbocycles. The van der Waals surface area contributed by atoms with E-state index in [2.05, 4.69) is 0 Å². The number of halogens is 3. The Labute approximate surface area is 145 Å². The number of hydrogen-bond acceptors (Lipinski definition) is 4. The maximum Gasteiger partial charge on any atom is 0.416 e. The monoisotopic (exact) mass is 363 g/mol. The van der Waals surface area contributed by atoms with E-state index < -0.39 is 35.4 Å². The highest BCUT2D eigenvalue weighted by Gasteiger charge is 2.41. The lowest BCUT2D eigenvalue weighted by Crippen LogP contribution is -2.34. The van der Waals surface area contributed by atoms with Gasteiger partial charge in [-0.1, -0.05) is 35.4 Å². The molecule has 0 saturated carbocycles. The topological polar surface area (TPSA) is 63.7 Å². The molecule has 0 N–H and O–H groups in total. The third-order valence-corrected chi connectivity index (χ3v) is 4.02. The molecular weight excluding hydrogens is 351 g/mol. The van der Waals surface area contributed by atoms with Gasteiger partial charge in [0.25, 0.3) is 11.8 Å². The van der Waals surface area contributed by atoms with Crippen LogP contribution >= 0.6 is 0 Å². The van der Waals surface area contributed by atoms with E-state index in [1.165, 1.54) is 43.3 Å². The second kappa shape index (κ2) is 6.29. The van der Waals surface area contributed by atoms with Gasteiger partial charge in [-0.25, -0.2) is 4.79 Å². The Morgan fingerprint density at radius 3 is 2.00 bits per heavy atom. The normalized spacial score (nSPS) is 15.0. The highest BCUT2D eigenvalue weighted by Crippen LogP contribution is 2.35. The number of hydrogen-bond donors (Lipinski definition) is 0. The quantitative estimate of drug-likeness (QED) is 0.783. The number of carbonyl (C=O) groups excluding carboxylic acids is 3. The Morgan fingerprint density at radius 1 is 0.962 bits per heavy atom. The predicted molar refractivity (Wildman–Crippen MR) is 82.9 cm³/mol. The van der Waals surface area contributed by atoms with Crippen LogP contribution in [0.4, 0.5) is 13.2 Å². The Morgan fingerprint density at radius 2 is 1.46 bits per heavy atom. The van der Waals surface area contributed by atoms with E-state index >= 15 is 0 Å². The van der Waals surface area contributed by atoms with Crippen LogP contribution in [-0.4, -0.2) is 22.8 Å². The maximum atomic E-state index is 13.1. The second-order valence-corrected chi connectivity index (χ2v) is 5.67. The van der Waals surface area contributed by atoms with Gasteiger partial charge in [0, 0.05) is 0 Å². The number of benzene rings is 2. The van der Waals surface area contributed by atoms with Gasteiger partial charge in [-0.3, -0.25) is 9.59 Å². The summed E-state index contributed by atoms with van der Waals surface area (Å²) >= 11 is 0. The molecule has 1 atom stereocenters. The van der Waals surface area contributed by atoms with Gasteiger partial charge >= 0.3 is 12.1 Å². The average molecular weight is 363 g/mol. The number of amides is 2. The van der Waals surface area contributed by atoms with Crippen molar-refractivity contribution in [1.29, 1.82) is 0 Å². The molecule has 3 rings (SSSR count). The molecule has 0 radical (unpaired) electrons. The Hall–Kier alpha value is -3.16. The minimum Gasteiger partial charge on any atom is -0.329 e. The number of carbonyl (C=O) groups is 3. The molecule has 2 amide bonds. The van der Waals surface area contributed by atoms with Crippen LogP contribution in [0, 0.1) is 0 Å². The molecule has 1 unspecified atom stereocenters. The van der Waals surface area contributed by atoms with Crippen molar-refractivity contribution < 1.29 is 32.4 Å². The standard InChI is InChI=1S/C18H12F3NO4/c1-10(11-6-4-5-9-14(11)18(19,20)21)17(25)26-22-15(23)12-7-2-3-8-13(12)16(22)24/h2-10H,1H3. The van der Waals surface area contributed by atoms with Crippen molar-refractivity contribution in [2.75, 3.05) is 0 Å². The minimum absolute atomic E-state index is 0.0636. The first-order chi connectivity index (χ1) is 12.2. The zero-order chi connectivity index (χ0) is 19.1. The average Bonchev–Trinajstić information content (AvgIpc) is 2.85. The van der Waals surface area contributed by atoms with Crippen LogP contribution in [0.2, 0.25) is 0 Å². The van der Waals surface area contributed by atoms with Gasteiger partial charge in [-0.05, 0) is 30.7 Å². The first-order valence-electron chi connectivity index (χ1n) is 7.57. The molecule has 0 fully saturated rings. The van der Waals surface area contributed by atoms with Gasteiger partial charge in [-0.2, -0.15) is 13.2 Å². The molecule has 1 aliphatic rings. The number of fused-ring (bicyclic) bond motifs is 1. The van der Waals surface area contributed by atoms with E-state index in [1.807, 2.05) is 0 Å². The van der Waals surface area contributed by atoms with Crippen LogP contribution < -0.4 is 0 Å². The van der Waals surface area contributed by atoms with Gasteiger partial charge in [0.1, 0.15) is 0 Å². The van der Waals surface area contributed by atoms with Crippen LogP contribution in [0.1, 0.15) is 44.7 Å². The Balaban J connectivity index is 1.84. The van der Waals surface area contributed by atoms with Crippen LogP contribution in [0.25, 0.3) is 0 Å². The summed E-state index contributed by atoms with van der Waals surface area (Å²) < 4.78 is 39.3. The number of rotatable bonds is 3. The summed E-state index contributed by atoms with van der Waals surface area (Å²) in [7, 11) is 0. The molecule has 2 aromatic rings. The van der Waals surface area contributed by atoms with Gasteiger partial charge < -0.3 is 4.84 Å². The van der Waals surface area contributed by atoms with Crippen molar-refractivity contribution in [3.63, 3.8) is 0 Å². The summed E-state index contributed by atoms with van der Waals surface area (Å²) in [5.74, 6) is -4.15. The summed E-state index contributed by atoms with van der Waals surface area (Å²) in [5.41, 5.74) is -1.16. The van der Waals surface area contributed by atoms with Crippen molar-refractivity contribution in [2.45, 2.75) is 19.0 Å². The third kappa shape index (κ3) is 2.94. The summed E-state index contributed by atoms with van der Waals surface area (Å²) in [5, 5.41) is 0.277. The van der Waals surface area contributed by atoms with Crippen molar-refractivity contribution in [3.8, 4) is 0 Å². The summed E-state index contributed by atoms with van der Waals surface area (Å²) in [6, 6.07) is 10.4. The number of hydroxylamine groups is 2. The molecule has 5 nitrogen and oxygen atoms in total. The SMILES string of the molecule is CC(C(=O)ON1C(=O)c2ccccc2C1=O)c1ccccc1C(F)(F)F. The molecule has 0 saturated heterocycles. The lowest BCUT2D eigenvalue weighted by Gasteiger charge is -2.19. The van der Waals surface area contributed by atoms with Gasteiger partial charge in [0.15, 0.2) is 0 Å². The number of nitrogens with zero attached hydrogens (tertiary/aromatic N) is 1. The van der Waals surface area contributed by atoms with Crippen LogP contribution in [-0.2, 0) is 15.8 Å². The van der Waals surface area contributed by atoms with E-state index in [0.29, 0.717) is 0 Å². The Bertz CT molecular complexity index is 872. The van der Waals surface area contributed by atoms with Gasteiger partial charge in [0.2, 0.25) is 0 Å². The van der Waals surface area contributed by atoms with E-state index in [4.69, 9.17) is 4.84 Å². The van der Waals surface area contributed by atoms with E-state index in [0.717, 1.165) is 12.1 Å². The fraction of sp³-hybridized carbons (Fsp3) is 0.167. The summed E-state index contributed by atoms with van der Waals surface area (Å²) in [4.78, 5) is 41.5. The van der Waals surface area contributed by atoms with Crippen LogP contribution in [0.15, 0.2) is 48.5 Å². The van der Waals surface area contributed by atoms with Crippen molar-refractivity contribution >= 4 is 17.8 Å². The molecule has 8 heteroatoms. The summed E-state index contributed by atoms with van der Waals surface area (Å²) in [6.07, 6.45) is -4.65. The smallest absolute Gasteiger partial charge is 0.329 e. The van der Waals surface area contributed by atoms with E-state index in [1.54, 1.807) is 0 Å². The van der Waals surface area contributed by atoms with Crippen molar-refractivity contribution in [3.05, 3.63) is 70.8 Å². The zero-order valence-electron chi connectivity index (χ0n) is 13.4. The van der Waals surface area contributed by atoms with Crippen LogP contribution in [0.5, 0.6) is 0 Å². The van der Waals surface area contributed by atoms with E-state index in [-0.39, 0.29) is 21.8 Å². The molecule has 0 spiro atoms. The number of alkyl halides is 3. The fourth-order valence-corrected chi connectivity index (χ4v) is 2.68. The molecule has 2 aromatic carbocycles. The molecule has 1 aliphatic heterocycles. The zero-order valence-corrected chi connectivity index (χ0v) is 13.4. The maximum absolute atomic E-state index is 13.1. The molecule has 1 heterocycles. The minimum atomic E-state index is -4.65. The molecule has 0 aromatic heterocycles. The first-order valence-corrected chi connectivity index (χ1v) is 7.57. The first kappa shape index (κ1) is 17.7. The second-order valence-electron chi connectivity index (χ2n) is 5.67. The Kier molecular flexibility index (Phi) is 4.27. The highest BCUT2D eigenvalue weighted by atomic mass is 19.4. The lowest BCUT2D eigenvalue weighted by molar-refractivity contribution is -0.170. The lowest BCUT2D eigenvalue weighted by atomic mass is 9.95. The van der Waals surface area contributed by atoms with Crippen LogP contribution in [0.3, 0.4) is 0 Å². The molecule has 134 valence electrons. The molecular formula is C18H12F3NO4. The fourth-order valence-electron chi connectivity index (χ4n) is 2.68. The van der Waals surface area contributed by atoms with E-state index in [9.17, 15) is 27.6 Å². The highest BCUT2D eigenvalue weighted by molar-refractivity contribution is 6.20. The molecule has 0 bridgehead atoms. The van der Waals surface area contributed by atoms with Gasteiger partial charge in [-0.15, -0.1) is 0 Å². The molecule has 26 heavy (non-hydrogen) atoms. The number of imide groups is 1. The van der Waals surface area contributed by atoms with Crippen molar-refractivity contribution in [1.82, 2.24) is 5.06 Å². The van der Waals surface area contributed by atoms with Gasteiger partial charge in [0.05, 0.1) is 22.6 Å². The van der Waals surface area contributed by atoms with Crippen molar-refractivity contribution in [2.24, 2.45) is 0 Å². The third-order valence-electron chi connectivity index (χ3n) is 4.02.